The first-order chi connectivity index (χ1) is 14.8. The predicted molar refractivity (Wildman–Crippen MR) is 120 cm³/mol. The van der Waals surface area contributed by atoms with E-state index in [0.717, 1.165) is 37.0 Å². The lowest BCUT2D eigenvalue weighted by atomic mass is 9.82. The van der Waals surface area contributed by atoms with Gasteiger partial charge in [0.25, 0.3) is 0 Å². The fraction of sp³-hybridized carbons (Fsp3) is 0.652. The number of ether oxygens (including phenoxy) is 1. The van der Waals surface area contributed by atoms with Gasteiger partial charge in [-0.3, -0.25) is 4.79 Å². The summed E-state index contributed by atoms with van der Waals surface area (Å²) in [7, 11) is 0. The number of carbonyl (C=O) groups is 2. The molecule has 1 aliphatic heterocycles. The number of hydrogen-bond donors (Lipinski definition) is 2. The Morgan fingerprint density at radius 2 is 1.94 bits per heavy atom. The molecule has 1 aromatic heterocycles. The van der Waals surface area contributed by atoms with Gasteiger partial charge in [0.05, 0.1) is 36.4 Å². The van der Waals surface area contributed by atoms with Gasteiger partial charge in [-0.2, -0.15) is 0 Å². The molecule has 8 heteroatoms. The van der Waals surface area contributed by atoms with Crippen LogP contribution in [0.25, 0.3) is 0 Å². The van der Waals surface area contributed by atoms with Crippen molar-refractivity contribution < 1.29 is 24.5 Å². The molecule has 1 amide bonds. The van der Waals surface area contributed by atoms with Crippen molar-refractivity contribution in [1.29, 1.82) is 0 Å². The van der Waals surface area contributed by atoms with Gasteiger partial charge >= 0.3 is 5.97 Å². The Balaban J connectivity index is 2.03. The van der Waals surface area contributed by atoms with E-state index in [2.05, 4.69) is 18.8 Å². The van der Waals surface area contributed by atoms with Crippen LogP contribution in [-0.4, -0.2) is 59.5 Å². The molecule has 170 valence electrons. The molecule has 1 aromatic rings. The van der Waals surface area contributed by atoms with Crippen LogP contribution in [0.4, 0.5) is 5.69 Å². The summed E-state index contributed by atoms with van der Waals surface area (Å²) in [6, 6.07) is 1.63. The maximum absolute atomic E-state index is 13.8. The molecule has 0 atom stereocenters. The average Bonchev–Trinajstić information content (AvgIpc) is 3.10. The number of hydrazine groups is 1. The summed E-state index contributed by atoms with van der Waals surface area (Å²) >= 11 is 1.09. The van der Waals surface area contributed by atoms with Gasteiger partial charge in [-0.25, -0.2) is 14.8 Å². The van der Waals surface area contributed by atoms with Gasteiger partial charge in [0.2, 0.25) is 5.91 Å². The minimum atomic E-state index is -1.08. The first-order valence-electron chi connectivity index (χ1n) is 11.0. The lowest BCUT2D eigenvalue weighted by Crippen LogP contribution is -2.61. The van der Waals surface area contributed by atoms with Gasteiger partial charge in [0, 0.05) is 18.4 Å². The van der Waals surface area contributed by atoms with Gasteiger partial charge in [-0.1, -0.05) is 32.6 Å². The minimum absolute atomic E-state index is 0.0784. The molecule has 1 saturated carbocycles. The molecule has 0 unspecified atom stereocenters. The van der Waals surface area contributed by atoms with Gasteiger partial charge in [0.1, 0.15) is 4.88 Å². The molecule has 2 fully saturated rings. The second kappa shape index (κ2) is 10.6. The number of carboxylic acid groups (broad SMARTS) is 1. The van der Waals surface area contributed by atoms with Crippen molar-refractivity contribution in [2.24, 2.45) is 17.8 Å². The smallest absolute Gasteiger partial charge is 0.348 e. The number of hydrogen-bond acceptors (Lipinski definition) is 6. The Kier molecular flexibility index (Phi) is 8.11. The molecule has 7 nitrogen and oxygen atoms in total. The van der Waals surface area contributed by atoms with Crippen LogP contribution in [0, 0.1) is 29.6 Å². The van der Waals surface area contributed by atoms with Crippen molar-refractivity contribution in [3.63, 3.8) is 0 Å². The number of rotatable bonds is 7. The monoisotopic (exact) mass is 448 g/mol. The zero-order valence-electron chi connectivity index (χ0n) is 18.5. The number of aliphatic hydroxyl groups excluding tert-OH is 1. The Morgan fingerprint density at radius 1 is 1.26 bits per heavy atom. The van der Waals surface area contributed by atoms with E-state index in [1.807, 2.05) is 13.8 Å². The van der Waals surface area contributed by atoms with E-state index in [1.54, 1.807) is 11.1 Å². The minimum Gasteiger partial charge on any atom is -0.477 e. The van der Waals surface area contributed by atoms with Gasteiger partial charge in [0.15, 0.2) is 0 Å². The zero-order chi connectivity index (χ0) is 22.5. The second-order valence-electron chi connectivity index (χ2n) is 8.74. The molecule has 31 heavy (non-hydrogen) atoms. The number of carbonyl (C=O) groups excluding carboxylic acids is 1. The number of carboxylic acids is 1. The predicted octanol–water partition coefficient (Wildman–Crippen LogP) is 3.22. The summed E-state index contributed by atoms with van der Waals surface area (Å²) < 4.78 is 5.34. The molecule has 0 radical (unpaired) electrons. The number of aliphatic hydroxyl groups is 1. The van der Waals surface area contributed by atoms with E-state index in [0.29, 0.717) is 29.7 Å². The van der Waals surface area contributed by atoms with Crippen LogP contribution < -0.4 is 5.01 Å². The Labute approximate surface area is 188 Å². The maximum atomic E-state index is 13.8. The van der Waals surface area contributed by atoms with Crippen LogP contribution in [0.5, 0.6) is 0 Å². The number of anilines is 1. The van der Waals surface area contributed by atoms with Gasteiger partial charge in [-0.15, -0.1) is 11.3 Å². The third-order valence-electron chi connectivity index (χ3n) is 5.82. The van der Waals surface area contributed by atoms with Crippen molar-refractivity contribution in [3.8, 4) is 11.8 Å². The highest BCUT2D eigenvalue weighted by molar-refractivity contribution is 7.15. The summed E-state index contributed by atoms with van der Waals surface area (Å²) in [5, 5.41) is 22.9. The Bertz CT molecular complexity index is 844. The lowest BCUT2D eigenvalue weighted by Gasteiger charge is -2.44. The third kappa shape index (κ3) is 5.66. The van der Waals surface area contributed by atoms with Crippen LogP contribution in [0.3, 0.4) is 0 Å². The summed E-state index contributed by atoms with van der Waals surface area (Å²) in [5.74, 6) is 5.51. The normalized spacial score (nSPS) is 21.5. The second-order valence-corrected chi connectivity index (χ2v) is 9.79. The van der Waals surface area contributed by atoms with E-state index in [1.165, 1.54) is 5.01 Å². The first kappa shape index (κ1) is 23.7. The van der Waals surface area contributed by atoms with Crippen molar-refractivity contribution in [2.45, 2.75) is 52.5 Å². The summed E-state index contributed by atoms with van der Waals surface area (Å²) in [6.45, 7) is 7.11. The molecule has 1 aliphatic carbocycles. The van der Waals surface area contributed by atoms with E-state index in [-0.39, 0.29) is 41.8 Å². The molecule has 0 bridgehead atoms. The summed E-state index contributed by atoms with van der Waals surface area (Å²) in [6.07, 6.45) is 3.54. The summed E-state index contributed by atoms with van der Waals surface area (Å²) in [5.41, 5.74) is 0.342. The topological polar surface area (TPSA) is 90.3 Å². The lowest BCUT2D eigenvalue weighted by molar-refractivity contribution is -0.132. The summed E-state index contributed by atoms with van der Waals surface area (Å²) in [4.78, 5) is 26.5. The largest absolute Gasteiger partial charge is 0.477 e. The van der Waals surface area contributed by atoms with Crippen LogP contribution in [-0.2, 0) is 9.53 Å². The SMILES string of the molecule is CC(C)C#Cc1cc(N(C(=O)C2CCC(C)CC2)N(CCO)C2COC2)c(C(=O)O)s1. The van der Waals surface area contributed by atoms with E-state index >= 15 is 0 Å². The maximum Gasteiger partial charge on any atom is 0.348 e. The molecule has 2 heterocycles. The molecule has 3 rings (SSSR count). The molecule has 1 saturated heterocycles. The highest BCUT2D eigenvalue weighted by atomic mass is 32.1. The highest BCUT2D eigenvalue weighted by Gasteiger charge is 2.39. The van der Waals surface area contributed by atoms with Gasteiger partial charge in [-0.05, 0) is 37.7 Å². The Morgan fingerprint density at radius 3 is 2.45 bits per heavy atom. The van der Waals surface area contributed by atoms with Crippen LogP contribution in [0.1, 0.15) is 61.0 Å². The van der Waals surface area contributed by atoms with Crippen molar-refractivity contribution in [3.05, 3.63) is 15.8 Å². The van der Waals surface area contributed by atoms with Crippen molar-refractivity contribution in [2.75, 3.05) is 31.4 Å². The highest BCUT2D eigenvalue weighted by Crippen LogP contribution is 2.36. The molecule has 0 aromatic carbocycles. The number of aromatic carboxylic acids is 1. The molecule has 2 N–H and O–H groups in total. The van der Waals surface area contributed by atoms with Crippen molar-refractivity contribution in [1.82, 2.24) is 5.01 Å². The Hall–Kier alpha value is -1.92. The quantitative estimate of drug-likeness (QED) is 0.492. The van der Waals surface area contributed by atoms with Crippen LogP contribution in [0.2, 0.25) is 0 Å². The molecular formula is C23H32N2O5S. The molecule has 0 spiro atoms. The number of amides is 1. The fourth-order valence-electron chi connectivity index (χ4n) is 3.98. The van der Waals surface area contributed by atoms with Crippen molar-refractivity contribution >= 4 is 28.9 Å². The average molecular weight is 449 g/mol. The van der Waals surface area contributed by atoms with Crippen LogP contribution >= 0.6 is 11.3 Å². The standard InChI is InChI=1S/C23H32N2O5S/c1-15(2)4-9-19-12-20(21(31-19)23(28)29)25(24(10-11-26)18-13-30-14-18)22(27)17-7-5-16(3)6-8-17/h12,15-18,26H,5-8,10-11,13-14H2,1-3H3,(H,28,29). The zero-order valence-corrected chi connectivity index (χ0v) is 19.3. The third-order valence-corrected chi connectivity index (χ3v) is 6.85. The number of thiophene rings is 1. The van der Waals surface area contributed by atoms with E-state index in [9.17, 15) is 19.8 Å². The van der Waals surface area contributed by atoms with Crippen LogP contribution in [0.15, 0.2) is 6.07 Å². The van der Waals surface area contributed by atoms with E-state index < -0.39 is 5.97 Å². The number of nitrogens with zero attached hydrogens (tertiary/aromatic N) is 2. The van der Waals surface area contributed by atoms with Gasteiger partial charge < -0.3 is 14.9 Å². The molecule has 2 aliphatic rings. The first-order valence-corrected chi connectivity index (χ1v) is 11.8. The van der Waals surface area contributed by atoms with E-state index in [4.69, 9.17) is 4.74 Å². The molecular weight excluding hydrogens is 416 g/mol. The fourth-order valence-corrected chi connectivity index (χ4v) is 4.81.